The molecule has 4 heteroatoms. The predicted octanol–water partition coefficient (Wildman–Crippen LogP) is 0.474. The maximum Gasteiger partial charge on any atom is 0.118 e. The Morgan fingerprint density at radius 3 is 2.85 bits per heavy atom. The first-order chi connectivity index (χ1) is 6.36. The van der Waals surface area contributed by atoms with Crippen molar-refractivity contribution in [3.8, 4) is 0 Å². The van der Waals surface area contributed by atoms with Gasteiger partial charge in [0.25, 0.3) is 0 Å². The molecule has 1 aromatic rings. The molecular formula is C9H16N2O2. The summed E-state index contributed by atoms with van der Waals surface area (Å²) in [6.07, 6.45) is 0. The van der Waals surface area contributed by atoms with E-state index >= 15 is 0 Å². The van der Waals surface area contributed by atoms with E-state index in [1.807, 2.05) is 12.1 Å². The average Bonchev–Trinajstić information content (AvgIpc) is 2.60. The standard InChI is InChI=1S/C9H16N2O2/c1-12-5-4-11-7-9-3-2-8(6-10)13-9/h2-3,11H,4-7,10H2,1H3. The Hall–Kier alpha value is -0.840. The summed E-state index contributed by atoms with van der Waals surface area (Å²) >= 11 is 0. The highest BCUT2D eigenvalue weighted by Crippen LogP contribution is 2.05. The van der Waals surface area contributed by atoms with Gasteiger partial charge in [-0.15, -0.1) is 0 Å². The fourth-order valence-electron chi connectivity index (χ4n) is 1.01. The van der Waals surface area contributed by atoms with Crippen molar-refractivity contribution in [2.24, 2.45) is 5.73 Å². The zero-order chi connectivity index (χ0) is 9.52. The predicted molar refractivity (Wildman–Crippen MR) is 50.2 cm³/mol. The van der Waals surface area contributed by atoms with Crippen LogP contribution in [0.25, 0.3) is 0 Å². The monoisotopic (exact) mass is 184 g/mol. The Labute approximate surface area is 78.1 Å². The minimum Gasteiger partial charge on any atom is -0.463 e. The van der Waals surface area contributed by atoms with Crippen LogP contribution in [0.15, 0.2) is 16.5 Å². The summed E-state index contributed by atoms with van der Waals surface area (Å²) in [4.78, 5) is 0. The van der Waals surface area contributed by atoms with Crippen molar-refractivity contribution >= 4 is 0 Å². The second-order valence-electron chi connectivity index (χ2n) is 2.74. The number of nitrogens with two attached hydrogens (primary N) is 1. The van der Waals surface area contributed by atoms with E-state index in [2.05, 4.69) is 5.32 Å². The van der Waals surface area contributed by atoms with Crippen LogP contribution in [0.1, 0.15) is 11.5 Å². The van der Waals surface area contributed by atoms with E-state index in [1.54, 1.807) is 7.11 Å². The summed E-state index contributed by atoms with van der Waals surface area (Å²) in [7, 11) is 1.68. The Morgan fingerprint density at radius 1 is 1.46 bits per heavy atom. The van der Waals surface area contributed by atoms with Crippen molar-refractivity contribution in [2.75, 3.05) is 20.3 Å². The van der Waals surface area contributed by atoms with Gasteiger partial charge in [0.05, 0.1) is 19.7 Å². The maximum atomic E-state index is 5.41. The first kappa shape index (κ1) is 10.2. The van der Waals surface area contributed by atoms with Gasteiger partial charge in [-0.05, 0) is 12.1 Å². The fraction of sp³-hybridized carbons (Fsp3) is 0.556. The SMILES string of the molecule is COCCNCc1ccc(CN)o1. The zero-order valence-corrected chi connectivity index (χ0v) is 7.88. The molecule has 0 spiro atoms. The van der Waals surface area contributed by atoms with Crippen LogP contribution in [0.3, 0.4) is 0 Å². The quantitative estimate of drug-likeness (QED) is 0.631. The van der Waals surface area contributed by atoms with E-state index < -0.39 is 0 Å². The van der Waals surface area contributed by atoms with Crippen LogP contribution in [0.4, 0.5) is 0 Å². The molecule has 0 aliphatic carbocycles. The van der Waals surface area contributed by atoms with Gasteiger partial charge in [0.15, 0.2) is 0 Å². The number of hydrogen-bond donors (Lipinski definition) is 2. The van der Waals surface area contributed by atoms with Crippen LogP contribution in [0, 0.1) is 0 Å². The van der Waals surface area contributed by atoms with Crippen LogP contribution in [0.2, 0.25) is 0 Å². The highest BCUT2D eigenvalue weighted by molar-refractivity contribution is 5.06. The number of methoxy groups -OCH3 is 1. The van der Waals surface area contributed by atoms with Gasteiger partial charge in [-0.3, -0.25) is 0 Å². The highest BCUT2D eigenvalue weighted by atomic mass is 16.5. The first-order valence-electron chi connectivity index (χ1n) is 4.34. The van der Waals surface area contributed by atoms with Crippen LogP contribution >= 0.6 is 0 Å². The Morgan fingerprint density at radius 2 is 2.23 bits per heavy atom. The summed E-state index contributed by atoms with van der Waals surface area (Å²) < 4.78 is 10.3. The molecule has 0 atom stereocenters. The number of furan rings is 1. The van der Waals surface area contributed by atoms with Crippen molar-refractivity contribution in [3.63, 3.8) is 0 Å². The molecule has 0 saturated carbocycles. The largest absolute Gasteiger partial charge is 0.463 e. The molecule has 1 aromatic heterocycles. The molecule has 13 heavy (non-hydrogen) atoms. The molecule has 0 aliphatic heterocycles. The number of hydrogen-bond acceptors (Lipinski definition) is 4. The molecule has 0 bridgehead atoms. The van der Waals surface area contributed by atoms with Crippen LogP contribution in [-0.2, 0) is 17.8 Å². The molecule has 0 aliphatic rings. The maximum absolute atomic E-state index is 5.41. The molecule has 0 aromatic carbocycles. The Bertz CT molecular complexity index is 235. The summed E-state index contributed by atoms with van der Waals surface area (Å²) in [5.74, 6) is 1.74. The van der Waals surface area contributed by atoms with E-state index in [1.165, 1.54) is 0 Å². The van der Waals surface area contributed by atoms with Gasteiger partial charge in [0.2, 0.25) is 0 Å². The van der Waals surface area contributed by atoms with Gasteiger partial charge in [-0.25, -0.2) is 0 Å². The van der Waals surface area contributed by atoms with Crippen LogP contribution in [-0.4, -0.2) is 20.3 Å². The van der Waals surface area contributed by atoms with Gasteiger partial charge in [0.1, 0.15) is 11.5 Å². The molecule has 3 N–H and O–H groups in total. The molecule has 74 valence electrons. The molecule has 0 saturated heterocycles. The normalized spacial score (nSPS) is 10.6. The minimum absolute atomic E-state index is 0.456. The van der Waals surface area contributed by atoms with Crippen molar-refractivity contribution in [2.45, 2.75) is 13.1 Å². The second kappa shape index (κ2) is 5.75. The van der Waals surface area contributed by atoms with Gasteiger partial charge < -0.3 is 20.2 Å². The van der Waals surface area contributed by atoms with Gasteiger partial charge in [-0.1, -0.05) is 0 Å². The lowest BCUT2D eigenvalue weighted by Crippen LogP contribution is -2.18. The van der Waals surface area contributed by atoms with Crippen molar-refractivity contribution in [3.05, 3.63) is 23.7 Å². The molecular weight excluding hydrogens is 168 g/mol. The topological polar surface area (TPSA) is 60.4 Å². The Kier molecular flexibility index (Phi) is 4.53. The van der Waals surface area contributed by atoms with E-state index in [0.717, 1.165) is 24.6 Å². The fourth-order valence-corrected chi connectivity index (χ4v) is 1.01. The third-order valence-electron chi connectivity index (χ3n) is 1.70. The Balaban J connectivity index is 2.20. The van der Waals surface area contributed by atoms with Gasteiger partial charge in [-0.2, -0.15) is 0 Å². The van der Waals surface area contributed by atoms with Crippen molar-refractivity contribution in [1.29, 1.82) is 0 Å². The third-order valence-corrected chi connectivity index (χ3v) is 1.70. The summed E-state index contributed by atoms with van der Waals surface area (Å²) in [6, 6.07) is 3.83. The lowest BCUT2D eigenvalue weighted by molar-refractivity contribution is 0.198. The number of ether oxygens (including phenoxy) is 1. The molecule has 1 heterocycles. The third kappa shape index (κ3) is 3.59. The summed E-state index contributed by atoms with van der Waals surface area (Å²) in [5, 5.41) is 3.18. The molecule has 0 radical (unpaired) electrons. The number of nitrogens with one attached hydrogen (secondary N) is 1. The van der Waals surface area contributed by atoms with Crippen molar-refractivity contribution in [1.82, 2.24) is 5.32 Å². The van der Waals surface area contributed by atoms with Crippen LogP contribution < -0.4 is 11.1 Å². The van der Waals surface area contributed by atoms with E-state index in [-0.39, 0.29) is 0 Å². The molecule has 0 unspecified atom stereocenters. The molecule has 0 fully saturated rings. The molecule has 0 amide bonds. The smallest absolute Gasteiger partial charge is 0.118 e. The lowest BCUT2D eigenvalue weighted by Gasteiger charge is -2.00. The van der Waals surface area contributed by atoms with Gasteiger partial charge >= 0.3 is 0 Å². The first-order valence-corrected chi connectivity index (χ1v) is 4.34. The second-order valence-corrected chi connectivity index (χ2v) is 2.74. The van der Waals surface area contributed by atoms with Crippen molar-refractivity contribution < 1.29 is 9.15 Å². The lowest BCUT2D eigenvalue weighted by atomic mass is 10.4. The summed E-state index contributed by atoms with van der Waals surface area (Å²) in [5.41, 5.74) is 5.41. The zero-order valence-electron chi connectivity index (χ0n) is 7.88. The number of rotatable bonds is 6. The molecule has 1 rings (SSSR count). The summed E-state index contributed by atoms with van der Waals surface area (Å²) in [6.45, 7) is 2.72. The molecule has 4 nitrogen and oxygen atoms in total. The highest BCUT2D eigenvalue weighted by Gasteiger charge is 1.98. The van der Waals surface area contributed by atoms with E-state index in [0.29, 0.717) is 13.2 Å². The van der Waals surface area contributed by atoms with E-state index in [4.69, 9.17) is 14.9 Å². The van der Waals surface area contributed by atoms with Gasteiger partial charge in [0, 0.05) is 13.7 Å². The average molecular weight is 184 g/mol. The van der Waals surface area contributed by atoms with Crippen LogP contribution in [0.5, 0.6) is 0 Å². The van der Waals surface area contributed by atoms with E-state index in [9.17, 15) is 0 Å². The minimum atomic E-state index is 0.456.